The summed E-state index contributed by atoms with van der Waals surface area (Å²) < 4.78 is 12.8. The lowest BCUT2D eigenvalue weighted by Crippen LogP contribution is -2.31. The second-order valence-electron chi connectivity index (χ2n) is 6.62. The molecule has 0 aliphatic carbocycles. The number of esters is 1. The smallest absolute Gasteiger partial charge is 0.354 e. The summed E-state index contributed by atoms with van der Waals surface area (Å²) in [5.74, 6) is -1.17. The van der Waals surface area contributed by atoms with E-state index in [1.165, 1.54) is 0 Å². The van der Waals surface area contributed by atoms with Crippen molar-refractivity contribution in [1.29, 1.82) is 0 Å². The molecule has 140 valence electrons. The molecule has 1 amide bonds. The number of ether oxygens (including phenoxy) is 2. The summed E-state index contributed by atoms with van der Waals surface area (Å²) in [6.45, 7) is 5.00. The zero-order chi connectivity index (χ0) is 18.7. The molecule has 8 heteroatoms. The number of carbonyl (C=O) groups is 3. The molecule has 0 unspecified atom stereocenters. The highest BCUT2D eigenvalue weighted by Crippen LogP contribution is 2.20. The first-order valence-electron chi connectivity index (χ1n) is 8.79. The van der Waals surface area contributed by atoms with Crippen LogP contribution in [0.25, 0.3) is 0 Å². The summed E-state index contributed by atoms with van der Waals surface area (Å²) in [7, 11) is 0. The van der Waals surface area contributed by atoms with Crippen LogP contribution in [0, 0.1) is 13.8 Å². The van der Waals surface area contributed by atoms with Crippen LogP contribution in [0.15, 0.2) is 11.2 Å². The van der Waals surface area contributed by atoms with E-state index in [9.17, 15) is 14.4 Å². The Balaban J connectivity index is 1.61. The van der Waals surface area contributed by atoms with Crippen LogP contribution in [0.4, 0.5) is 0 Å². The highest BCUT2D eigenvalue weighted by Gasteiger charge is 2.23. The third-order valence-electron chi connectivity index (χ3n) is 4.76. The predicted octanol–water partition coefficient (Wildman–Crippen LogP) is 1.28. The lowest BCUT2D eigenvalue weighted by Gasteiger charge is -2.15. The van der Waals surface area contributed by atoms with Gasteiger partial charge >= 0.3 is 5.97 Å². The molecule has 0 spiro atoms. The zero-order valence-electron chi connectivity index (χ0n) is 15.0. The van der Waals surface area contributed by atoms with Crippen LogP contribution in [0.3, 0.4) is 0 Å². The van der Waals surface area contributed by atoms with Gasteiger partial charge in [-0.3, -0.25) is 9.59 Å². The molecule has 3 heterocycles. The molecule has 1 N–H and O–H groups in total. The quantitative estimate of drug-likeness (QED) is 0.608. The average Bonchev–Trinajstić information content (AvgIpc) is 3.24. The van der Waals surface area contributed by atoms with Crippen LogP contribution in [-0.4, -0.2) is 47.3 Å². The van der Waals surface area contributed by atoms with Crippen molar-refractivity contribution in [2.75, 3.05) is 13.2 Å². The molecule has 1 atom stereocenters. The van der Waals surface area contributed by atoms with Crippen LogP contribution >= 0.6 is 0 Å². The van der Waals surface area contributed by atoms with E-state index in [1.807, 2.05) is 19.9 Å². The monoisotopic (exact) mass is 361 g/mol. The highest BCUT2D eigenvalue weighted by molar-refractivity contribution is 6.37. The maximum absolute atomic E-state index is 12.5. The number of hydrogen-bond donors (Lipinski definition) is 1. The maximum Gasteiger partial charge on any atom is 0.354 e. The minimum absolute atomic E-state index is 0.126. The number of rotatable bonds is 6. The van der Waals surface area contributed by atoms with Gasteiger partial charge in [-0.1, -0.05) is 0 Å². The Morgan fingerprint density at radius 3 is 2.85 bits per heavy atom. The minimum atomic E-state index is -0.675. The Morgan fingerprint density at radius 2 is 2.19 bits per heavy atom. The molecular weight excluding hydrogens is 338 g/mol. The van der Waals surface area contributed by atoms with Crippen molar-refractivity contribution in [2.24, 2.45) is 5.10 Å². The van der Waals surface area contributed by atoms with E-state index in [0.29, 0.717) is 5.56 Å². The van der Waals surface area contributed by atoms with Gasteiger partial charge in [0.15, 0.2) is 6.61 Å². The number of hydrazone groups is 1. The number of hydrogen-bond acceptors (Lipinski definition) is 6. The average molecular weight is 361 g/mol. The molecule has 0 saturated carbocycles. The summed E-state index contributed by atoms with van der Waals surface area (Å²) in [4.78, 5) is 35.5. The van der Waals surface area contributed by atoms with Gasteiger partial charge < -0.3 is 14.0 Å². The SMILES string of the molecule is Cc1cc(C(=O)COC(=O)C2=NNC(=O)CC2)c(C)n1C[C@H]1CCCO1. The van der Waals surface area contributed by atoms with E-state index in [-0.39, 0.29) is 43.0 Å². The first-order chi connectivity index (χ1) is 12.5. The van der Waals surface area contributed by atoms with Crippen LogP contribution in [0.1, 0.15) is 47.4 Å². The molecule has 1 aromatic heterocycles. The van der Waals surface area contributed by atoms with Crippen LogP contribution in [0.5, 0.6) is 0 Å². The number of ketones is 1. The topological polar surface area (TPSA) is 99.0 Å². The Hall–Kier alpha value is -2.48. The predicted molar refractivity (Wildman–Crippen MR) is 93.0 cm³/mol. The fraction of sp³-hybridized carbons (Fsp3) is 0.556. The Labute approximate surface area is 151 Å². The lowest BCUT2D eigenvalue weighted by atomic mass is 10.1. The second-order valence-corrected chi connectivity index (χ2v) is 6.62. The molecule has 0 radical (unpaired) electrons. The summed E-state index contributed by atoms with van der Waals surface area (Å²) in [6.07, 6.45) is 2.67. The third kappa shape index (κ3) is 4.01. The summed E-state index contributed by atoms with van der Waals surface area (Å²) in [6, 6.07) is 1.82. The van der Waals surface area contributed by atoms with E-state index < -0.39 is 5.97 Å². The van der Waals surface area contributed by atoms with E-state index in [2.05, 4.69) is 15.1 Å². The summed E-state index contributed by atoms with van der Waals surface area (Å²) in [5, 5.41) is 3.67. The standard InChI is InChI=1S/C18H23N3O5/c1-11-8-14(12(2)21(11)9-13-4-3-7-25-13)16(22)10-26-18(24)15-5-6-17(23)20-19-15/h8,13H,3-7,9-10H2,1-2H3,(H,20,23)/t13-/m1/s1. The van der Waals surface area contributed by atoms with E-state index in [1.54, 1.807) is 0 Å². The van der Waals surface area contributed by atoms with Crippen molar-refractivity contribution >= 4 is 23.4 Å². The molecule has 1 aromatic rings. The Bertz CT molecular complexity index is 759. The van der Waals surface area contributed by atoms with Gasteiger partial charge in [-0.2, -0.15) is 5.10 Å². The van der Waals surface area contributed by atoms with Gasteiger partial charge in [-0.05, 0) is 32.8 Å². The normalized spacial score (nSPS) is 19.8. The molecule has 2 aliphatic heterocycles. The van der Waals surface area contributed by atoms with E-state index in [0.717, 1.165) is 37.4 Å². The van der Waals surface area contributed by atoms with Gasteiger partial charge in [0.2, 0.25) is 11.7 Å². The summed E-state index contributed by atoms with van der Waals surface area (Å²) in [5.41, 5.74) is 4.74. The molecule has 1 fully saturated rings. The first kappa shape index (κ1) is 18.3. The van der Waals surface area contributed by atoms with Gasteiger partial charge in [-0.25, -0.2) is 10.2 Å². The van der Waals surface area contributed by atoms with Crippen LogP contribution in [-0.2, 0) is 25.6 Å². The molecule has 1 saturated heterocycles. The maximum atomic E-state index is 12.5. The van der Waals surface area contributed by atoms with Crippen molar-refractivity contribution in [2.45, 2.75) is 52.2 Å². The Morgan fingerprint density at radius 1 is 1.38 bits per heavy atom. The van der Waals surface area contributed by atoms with Gasteiger partial charge in [-0.15, -0.1) is 0 Å². The van der Waals surface area contributed by atoms with Crippen molar-refractivity contribution in [3.63, 3.8) is 0 Å². The van der Waals surface area contributed by atoms with Crippen molar-refractivity contribution in [3.8, 4) is 0 Å². The molecule has 0 aromatic carbocycles. The Kier molecular flexibility index (Phi) is 5.51. The second kappa shape index (κ2) is 7.82. The largest absolute Gasteiger partial charge is 0.453 e. The number of nitrogens with zero attached hydrogens (tertiary/aromatic N) is 2. The summed E-state index contributed by atoms with van der Waals surface area (Å²) >= 11 is 0. The van der Waals surface area contributed by atoms with Gasteiger partial charge in [0.05, 0.1) is 6.10 Å². The number of Topliss-reactive ketones (excluding diaryl/α,β-unsaturated/α-hetero) is 1. The van der Waals surface area contributed by atoms with Crippen LogP contribution in [0.2, 0.25) is 0 Å². The number of aromatic nitrogens is 1. The van der Waals surface area contributed by atoms with Crippen LogP contribution < -0.4 is 5.43 Å². The van der Waals surface area contributed by atoms with Gasteiger partial charge in [0, 0.05) is 42.9 Å². The molecule has 2 aliphatic rings. The first-order valence-corrected chi connectivity index (χ1v) is 8.79. The number of carbonyl (C=O) groups excluding carboxylic acids is 3. The lowest BCUT2D eigenvalue weighted by molar-refractivity contribution is -0.134. The number of nitrogens with one attached hydrogen (secondary N) is 1. The van der Waals surface area contributed by atoms with Gasteiger partial charge in [0.1, 0.15) is 5.71 Å². The van der Waals surface area contributed by atoms with Gasteiger partial charge in [0.25, 0.3) is 0 Å². The highest BCUT2D eigenvalue weighted by atomic mass is 16.5. The molecule has 8 nitrogen and oxygen atoms in total. The molecule has 26 heavy (non-hydrogen) atoms. The van der Waals surface area contributed by atoms with Crippen molar-refractivity contribution in [1.82, 2.24) is 9.99 Å². The molecule has 3 rings (SSSR count). The van der Waals surface area contributed by atoms with E-state index in [4.69, 9.17) is 9.47 Å². The third-order valence-corrected chi connectivity index (χ3v) is 4.76. The van der Waals surface area contributed by atoms with Crippen molar-refractivity contribution < 1.29 is 23.9 Å². The molecular formula is C18H23N3O5. The van der Waals surface area contributed by atoms with E-state index >= 15 is 0 Å². The minimum Gasteiger partial charge on any atom is -0.453 e. The number of aryl methyl sites for hydroxylation is 1. The zero-order valence-corrected chi connectivity index (χ0v) is 15.0. The van der Waals surface area contributed by atoms with Crippen molar-refractivity contribution in [3.05, 3.63) is 23.0 Å². The fourth-order valence-corrected chi connectivity index (χ4v) is 3.27. The fourth-order valence-electron chi connectivity index (χ4n) is 3.27. The molecule has 0 bridgehead atoms. The number of amides is 1.